The predicted molar refractivity (Wildman–Crippen MR) is 57.6 cm³/mol. The van der Waals surface area contributed by atoms with Crippen LogP contribution in [0.25, 0.3) is 0 Å². The Morgan fingerprint density at radius 3 is 2.57 bits per heavy atom. The molecule has 70 valence electrons. The summed E-state index contributed by atoms with van der Waals surface area (Å²) in [5.74, 6) is 5.48. The molecule has 0 heterocycles. The van der Waals surface area contributed by atoms with Gasteiger partial charge in [0.1, 0.15) is 0 Å². The third-order valence-corrected chi connectivity index (χ3v) is 1.29. The van der Waals surface area contributed by atoms with Crippen LogP contribution in [-0.4, -0.2) is 12.2 Å². The molecule has 1 rings (SSSR count). The predicted octanol–water partition coefficient (Wildman–Crippen LogP) is 0.297. The van der Waals surface area contributed by atoms with E-state index < -0.39 is 0 Å². The second-order valence-corrected chi connectivity index (χ2v) is 2.40. The lowest BCUT2D eigenvalue weighted by atomic mass is 10.2. The molecule has 0 aliphatic heterocycles. The molecule has 0 saturated carbocycles. The Hall–Kier alpha value is -2.28. The van der Waals surface area contributed by atoms with Crippen LogP contribution in [0, 0.1) is 11.8 Å². The van der Waals surface area contributed by atoms with Gasteiger partial charge in [-0.15, -0.1) is 10.2 Å². The molecule has 0 aromatic heterocycles. The third kappa shape index (κ3) is 3.93. The Labute approximate surface area is 82.3 Å². The minimum atomic E-state index is -0.0808. The maximum Gasteiger partial charge on any atom is 0.211 e. The summed E-state index contributed by atoms with van der Waals surface area (Å²) >= 11 is 0. The summed E-state index contributed by atoms with van der Waals surface area (Å²) in [5.41, 5.74) is 11.0. The Morgan fingerprint density at radius 1 is 1.21 bits per heavy atom. The van der Waals surface area contributed by atoms with Gasteiger partial charge in [0.15, 0.2) is 0 Å². The van der Waals surface area contributed by atoms with Crippen molar-refractivity contribution in [2.24, 2.45) is 21.7 Å². The molecule has 0 aliphatic carbocycles. The summed E-state index contributed by atoms with van der Waals surface area (Å²) in [6.45, 7) is 0. The normalized spacial score (nSPS) is 9.14. The highest BCUT2D eigenvalue weighted by Crippen LogP contribution is 1.93. The first-order valence-corrected chi connectivity index (χ1v) is 3.96. The topological polar surface area (TPSA) is 76.8 Å². The monoisotopic (exact) mass is 186 g/mol. The van der Waals surface area contributed by atoms with Crippen molar-refractivity contribution >= 4 is 12.2 Å². The van der Waals surface area contributed by atoms with E-state index >= 15 is 0 Å². The summed E-state index contributed by atoms with van der Waals surface area (Å²) in [7, 11) is 0. The molecule has 0 amide bonds. The molecule has 0 atom stereocenters. The van der Waals surface area contributed by atoms with E-state index in [4.69, 9.17) is 11.5 Å². The van der Waals surface area contributed by atoms with Crippen LogP contribution in [0.2, 0.25) is 0 Å². The lowest BCUT2D eigenvalue weighted by Gasteiger charge is -1.84. The van der Waals surface area contributed by atoms with Crippen molar-refractivity contribution in [1.82, 2.24) is 0 Å². The number of hydrogen-bond acceptors (Lipinski definition) is 2. The zero-order valence-corrected chi connectivity index (χ0v) is 7.51. The average Bonchev–Trinajstić information content (AvgIpc) is 2.18. The van der Waals surface area contributed by atoms with Gasteiger partial charge in [-0.25, -0.2) is 0 Å². The number of benzene rings is 1. The van der Waals surface area contributed by atoms with Crippen molar-refractivity contribution < 1.29 is 0 Å². The van der Waals surface area contributed by atoms with Crippen molar-refractivity contribution in [2.45, 2.75) is 0 Å². The molecular formula is C10H10N4. The Kier molecular flexibility index (Phi) is 3.77. The van der Waals surface area contributed by atoms with Gasteiger partial charge in [0.25, 0.3) is 0 Å². The van der Waals surface area contributed by atoms with Crippen LogP contribution in [0.5, 0.6) is 0 Å². The summed E-state index contributed by atoms with van der Waals surface area (Å²) in [6, 6.07) is 9.57. The fourth-order valence-corrected chi connectivity index (χ4v) is 0.761. The van der Waals surface area contributed by atoms with E-state index in [0.29, 0.717) is 0 Å². The fourth-order valence-electron chi connectivity index (χ4n) is 0.761. The van der Waals surface area contributed by atoms with Crippen LogP contribution >= 0.6 is 0 Å². The van der Waals surface area contributed by atoms with Crippen molar-refractivity contribution in [3.8, 4) is 11.8 Å². The number of nitrogens with two attached hydrogens (primary N) is 2. The minimum Gasteiger partial charge on any atom is -0.369 e. The van der Waals surface area contributed by atoms with E-state index in [1.54, 1.807) is 0 Å². The standard InChI is InChI=1S/C10H10N4/c11-10(12)14-13-8-4-7-9-5-2-1-3-6-9/h1-3,5-6,8H,(H4,11,12,14)/b13-8+. The SMILES string of the molecule is NC(N)=N/N=C/C#Cc1ccccc1. The second kappa shape index (κ2) is 5.38. The summed E-state index contributed by atoms with van der Waals surface area (Å²) in [5, 5.41) is 6.92. The van der Waals surface area contributed by atoms with Gasteiger partial charge in [-0.1, -0.05) is 24.1 Å². The summed E-state index contributed by atoms with van der Waals surface area (Å²) in [6.07, 6.45) is 1.34. The second-order valence-electron chi connectivity index (χ2n) is 2.40. The Morgan fingerprint density at radius 2 is 1.93 bits per heavy atom. The molecular weight excluding hydrogens is 176 g/mol. The van der Waals surface area contributed by atoms with Crippen molar-refractivity contribution in [3.05, 3.63) is 35.9 Å². The summed E-state index contributed by atoms with van der Waals surface area (Å²) < 4.78 is 0. The molecule has 1 aromatic carbocycles. The molecule has 4 N–H and O–H groups in total. The first-order chi connectivity index (χ1) is 6.79. The van der Waals surface area contributed by atoms with E-state index in [0.717, 1.165) is 5.56 Å². The smallest absolute Gasteiger partial charge is 0.211 e. The van der Waals surface area contributed by atoms with E-state index in [-0.39, 0.29) is 5.96 Å². The molecule has 4 heteroatoms. The van der Waals surface area contributed by atoms with E-state index in [2.05, 4.69) is 22.0 Å². The van der Waals surface area contributed by atoms with Gasteiger partial charge in [-0.05, 0) is 18.1 Å². The average molecular weight is 186 g/mol. The number of hydrogen-bond donors (Lipinski definition) is 2. The highest BCUT2D eigenvalue weighted by atomic mass is 15.3. The van der Waals surface area contributed by atoms with E-state index in [1.165, 1.54) is 6.21 Å². The molecule has 4 nitrogen and oxygen atoms in total. The maximum absolute atomic E-state index is 5.05. The fraction of sp³-hybridized carbons (Fsp3) is 0. The van der Waals surface area contributed by atoms with Crippen LogP contribution in [-0.2, 0) is 0 Å². The van der Waals surface area contributed by atoms with E-state index in [1.807, 2.05) is 30.3 Å². The number of rotatable bonds is 1. The molecule has 0 fully saturated rings. The van der Waals surface area contributed by atoms with Gasteiger partial charge < -0.3 is 11.5 Å². The molecule has 0 radical (unpaired) electrons. The molecule has 0 unspecified atom stereocenters. The van der Waals surface area contributed by atoms with Crippen LogP contribution < -0.4 is 11.5 Å². The van der Waals surface area contributed by atoms with Gasteiger partial charge in [0, 0.05) is 5.56 Å². The Balaban J connectivity index is 2.58. The first kappa shape index (κ1) is 9.81. The van der Waals surface area contributed by atoms with Crippen LogP contribution in [0.3, 0.4) is 0 Å². The highest BCUT2D eigenvalue weighted by molar-refractivity contribution is 5.81. The van der Waals surface area contributed by atoms with Crippen molar-refractivity contribution in [1.29, 1.82) is 0 Å². The molecule has 14 heavy (non-hydrogen) atoms. The van der Waals surface area contributed by atoms with Crippen LogP contribution in [0.4, 0.5) is 0 Å². The van der Waals surface area contributed by atoms with Gasteiger partial charge in [0.2, 0.25) is 5.96 Å². The first-order valence-electron chi connectivity index (χ1n) is 3.96. The van der Waals surface area contributed by atoms with Crippen LogP contribution in [0.15, 0.2) is 40.5 Å². The molecule has 0 spiro atoms. The highest BCUT2D eigenvalue weighted by Gasteiger charge is 1.79. The molecule has 0 aliphatic rings. The minimum absolute atomic E-state index is 0.0808. The summed E-state index contributed by atoms with van der Waals surface area (Å²) in [4.78, 5) is 0. The zero-order chi connectivity index (χ0) is 10.2. The largest absolute Gasteiger partial charge is 0.369 e. The van der Waals surface area contributed by atoms with Crippen LogP contribution in [0.1, 0.15) is 5.56 Å². The maximum atomic E-state index is 5.05. The van der Waals surface area contributed by atoms with Crippen molar-refractivity contribution in [3.63, 3.8) is 0 Å². The Bertz CT molecular complexity index is 391. The lowest BCUT2D eigenvalue weighted by Crippen LogP contribution is -2.21. The molecule has 0 saturated heterocycles. The molecule has 1 aromatic rings. The van der Waals surface area contributed by atoms with E-state index in [9.17, 15) is 0 Å². The van der Waals surface area contributed by atoms with Gasteiger partial charge in [-0.3, -0.25) is 0 Å². The quantitative estimate of drug-likeness (QED) is 0.286. The van der Waals surface area contributed by atoms with Crippen molar-refractivity contribution in [2.75, 3.05) is 0 Å². The van der Waals surface area contributed by atoms with Gasteiger partial charge >= 0.3 is 0 Å². The lowest BCUT2D eigenvalue weighted by molar-refractivity contribution is 1.22. The van der Waals surface area contributed by atoms with Gasteiger partial charge in [-0.2, -0.15) is 0 Å². The number of guanidine groups is 1. The third-order valence-electron chi connectivity index (χ3n) is 1.29. The zero-order valence-electron chi connectivity index (χ0n) is 7.51. The number of nitrogens with zero attached hydrogens (tertiary/aromatic N) is 2. The molecule has 0 bridgehead atoms. The van der Waals surface area contributed by atoms with Gasteiger partial charge in [0.05, 0.1) is 6.21 Å².